The molecule has 170 valence electrons. The fraction of sp³-hybridized carbons (Fsp3) is 0.125. The van der Waals surface area contributed by atoms with Gasteiger partial charge in [0.2, 0.25) is 0 Å². The Kier molecular flexibility index (Phi) is 7.48. The van der Waals surface area contributed by atoms with Crippen molar-refractivity contribution in [3.63, 3.8) is 0 Å². The van der Waals surface area contributed by atoms with E-state index in [9.17, 15) is 19.8 Å². The van der Waals surface area contributed by atoms with E-state index < -0.39 is 11.9 Å². The van der Waals surface area contributed by atoms with Gasteiger partial charge in [0, 0.05) is 6.07 Å². The van der Waals surface area contributed by atoms with Crippen molar-refractivity contribution in [2.24, 2.45) is 5.10 Å². The molecule has 3 aromatic carbocycles. The molecule has 9 heteroatoms. The zero-order valence-corrected chi connectivity index (χ0v) is 17.9. The predicted octanol–water partition coefficient (Wildman–Crippen LogP) is 3.49. The number of hydrogen-bond donors (Lipinski definition) is 3. The molecule has 0 unspecified atom stereocenters. The van der Waals surface area contributed by atoms with Crippen molar-refractivity contribution in [1.29, 1.82) is 0 Å². The molecule has 0 aromatic heterocycles. The van der Waals surface area contributed by atoms with Crippen LogP contribution in [-0.4, -0.2) is 42.0 Å². The molecule has 3 aromatic rings. The quantitative estimate of drug-likeness (QED) is 0.207. The average Bonchev–Trinajstić information content (AvgIpc) is 2.80. The summed E-state index contributed by atoms with van der Waals surface area (Å²) in [6.45, 7) is 2.13. The number of methoxy groups -OCH3 is 1. The first-order valence-electron chi connectivity index (χ1n) is 9.89. The van der Waals surface area contributed by atoms with E-state index in [1.54, 1.807) is 49.4 Å². The second-order valence-corrected chi connectivity index (χ2v) is 6.66. The lowest BCUT2D eigenvalue weighted by Gasteiger charge is -2.11. The standard InChI is InChI=1S/C24H22N2O7/c1-3-32-22-12-15(14-25-26-23(29)19-10-7-17(27)13-20(19)28)4-11-21(22)33-24(30)16-5-8-18(31-2)9-6-16/h4-14,27-28H,3H2,1-2H3,(H,26,29). The molecule has 33 heavy (non-hydrogen) atoms. The van der Waals surface area contributed by atoms with E-state index in [1.165, 1.54) is 25.5 Å². The van der Waals surface area contributed by atoms with Crippen LogP contribution in [0.5, 0.6) is 28.7 Å². The Hall–Kier alpha value is -4.53. The van der Waals surface area contributed by atoms with Gasteiger partial charge < -0.3 is 24.4 Å². The first kappa shape index (κ1) is 23.1. The lowest BCUT2D eigenvalue weighted by molar-refractivity contribution is 0.0728. The van der Waals surface area contributed by atoms with Crippen molar-refractivity contribution >= 4 is 18.1 Å². The molecular weight excluding hydrogens is 428 g/mol. The highest BCUT2D eigenvalue weighted by atomic mass is 16.6. The Balaban J connectivity index is 1.70. The highest BCUT2D eigenvalue weighted by Gasteiger charge is 2.14. The molecule has 0 aliphatic heterocycles. The van der Waals surface area contributed by atoms with Crippen LogP contribution in [0.2, 0.25) is 0 Å². The topological polar surface area (TPSA) is 127 Å². The molecule has 0 aliphatic carbocycles. The third kappa shape index (κ3) is 6.01. The van der Waals surface area contributed by atoms with E-state index in [1.807, 2.05) is 0 Å². The largest absolute Gasteiger partial charge is 0.508 e. The van der Waals surface area contributed by atoms with Crippen LogP contribution in [0.4, 0.5) is 0 Å². The number of hydrazone groups is 1. The van der Waals surface area contributed by atoms with Crippen LogP contribution < -0.4 is 19.6 Å². The van der Waals surface area contributed by atoms with Crippen molar-refractivity contribution in [3.8, 4) is 28.7 Å². The number of amides is 1. The first-order valence-corrected chi connectivity index (χ1v) is 9.89. The number of carbonyl (C=O) groups is 2. The Morgan fingerprint density at radius 3 is 2.42 bits per heavy atom. The number of rotatable bonds is 8. The number of phenols is 2. The van der Waals surface area contributed by atoms with E-state index in [0.29, 0.717) is 29.2 Å². The molecule has 0 saturated carbocycles. The average molecular weight is 450 g/mol. The Morgan fingerprint density at radius 1 is 1.00 bits per heavy atom. The fourth-order valence-electron chi connectivity index (χ4n) is 2.78. The van der Waals surface area contributed by atoms with E-state index in [-0.39, 0.29) is 22.8 Å². The molecule has 1 amide bonds. The van der Waals surface area contributed by atoms with Gasteiger partial charge in [0.25, 0.3) is 5.91 Å². The molecule has 0 aliphatic rings. The monoisotopic (exact) mass is 450 g/mol. The molecule has 0 spiro atoms. The van der Waals surface area contributed by atoms with Gasteiger partial charge in [0.1, 0.15) is 17.2 Å². The van der Waals surface area contributed by atoms with E-state index in [2.05, 4.69) is 10.5 Å². The number of nitrogens with one attached hydrogen (secondary N) is 1. The van der Waals surface area contributed by atoms with Crippen molar-refractivity contribution in [3.05, 3.63) is 77.4 Å². The molecule has 9 nitrogen and oxygen atoms in total. The van der Waals surface area contributed by atoms with Gasteiger partial charge >= 0.3 is 5.97 Å². The van der Waals surface area contributed by atoms with Crippen LogP contribution in [0.1, 0.15) is 33.2 Å². The minimum atomic E-state index is -0.654. The van der Waals surface area contributed by atoms with Crippen LogP contribution in [-0.2, 0) is 0 Å². The van der Waals surface area contributed by atoms with Gasteiger partial charge in [0.05, 0.1) is 31.1 Å². The second-order valence-electron chi connectivity index (χ2n) is 6.66. The molecule has 3 N–H and O–H groups in total. The summed E-state index contributed by atoms with van der Waals surface area (Å²) in [7, 11) is 1.54. The van der Waals surface area contributed by atoms with Crippen molar-refractivity contribution in [2.45, 2.75) is 6.92 Å². The van der Waals surface area contributed by atoms with Gasteiger partial charge in [-0.2, -0.15) is 5.10 Å². The molecule has 0 atom stereocenters. The Labute approximate surface area is 189 Å². The highest BCUT2D eigenvalue weighted by molar-refractivity contribution is 5.97. The summed E-state index contributed by atoms with van der Waals surface area (Å²) >= 11 is 0. The lowest BCUT2D eigenvalue weighted by Crippen LogP contribution is -2.17. The number of carbonyl (C=O) groups excluding carboxylic acids is 2. The number of ether oxygens (including phenoxy) is 3. The van der Waals surface area contributed by atoms with Crippen molar-refractivity contribution in [1.82, 2.24) is 5.43 Å². The van der Waals surface area contributed by atoms with Crippen LogP contribution in [0.25, 0.3) is 0 Å². The number of hydrogen-bond acceptors (Lipinski definition) is 8. The zero-order chi connectivity index (χ0) is 23.8. The van der Waals surface area contributed by atoms with Crippen LogP contribution in [0.15, 0.2) is 65.8 Å². The van der Waals surface area contributed by atoms with Gasteiger partial charge in [-0.05, 0) is 67.1 Å². The molecule has 0 saturated heterocycles. The third-order valence-electron chi connectivity index (χ3n) is 4.40. The fourth-order valence-corrected chi connectivity index (χ4v) is 2.78. The van der Waals surface area contributed by atoms with Crippen molar-refractivity contribution < 1.29 is 34.0 Å². The Morgan fingerprint density at radius 2 is 1.76 bits per heavy atom. The van der Waals surface area contributed by atoms with Gasteiger partial charge in [-0.15, -0.1) is 0 Å². The zero-order valence-electron chi connectivity index (χ0n) is 17.9. The van der Waals surface area contributed by atoms with Crippen LogP contribution in [0.3, 0.4) is 0 Å². The smallest absolute Gasteiger partial charge is 0.343 e. The van der Waals surface area contributed by atoms with Crippen LogP contribution in [0, 0.1) is 0 Å². The molecule has 0 heterocycles. The van der Waals surface area contributed by atoms with Gasteiger partial charge in [-0.25, -0.2) is 10.2 Å². The maximum absolute atomic E-state index is 12.5. The summed E-state index contributed by atoms with van der Waals surface area (Å²) in [6.07, 6.45) is 1.37. The maximum Gasteiger partial charge on any atom is 0.343 e. The summed E-state index contributed by atoms with van der Waals surface area (Å²) in [6, 6.07) is 14.9. The first-order chi connectivity index (χ1) is 15.9. The lowest BCUT2D eigenvalue weighted by atomic mass is 10.2. The SMILES string of the molecule is CCOc1cc(C=NNC(=O)c2ccc(O)cc2O)ccc1OC(=O)c1ccc(OC)cc1. The van der Waals surface area contributed by atoms with Crippen molar-refractivity contribution in [2.75, 3.05) is 13.7 Å². The maximum atomic E-state index is 12.5. The predicted molar refractivity (Wildman–Crippen MR) is 120 cm³/mol. The third-order valence-corrected chi connectivity index (χ3v) is 4.40. The van der Waals surface area contributed by atoms with Gasteiger partial charge in [0.15, 0.2) is 11.5 Å². The van der Waals surface area contributed by atoms with Crippen LogP contribution >= 0.6 is 0 Å². The van der Waals surface area contributed by atoms with E-state index in [4.69, 9.17) is 14.2 Å². The number of esters is 1. The summed E-state index contributed by atoms with van der Waals surface area (Å²) in [4.78, 5) is 24.6. The van der Waals surface area contributed by atoms with E-state index in [0.717, 1.165) is 6.07 Å². The van der Waals surface area contributed by atoms with Gasteiger partial charge in [-0.1, -0.05) is 0 Å². The highest BCUT2D eigenvalue weighted by Crippen LogP contribution is 2.29. The molecule has 3 rings (SSSR count). The molecular formula is C24H22N2O7. The normalized spacial score (nSPS) is 10.6. The molecule has 0 fully saturated rings. The second kappa shape index (κ2) is 10.7. The number of aromatic hydroxyl groups is 2. The van der Waals surface area contributed by atoms with E-state index >= 15 is 0 Å². The molecule has 0 bridgehead atoms. The number of phenolic OH excluding ortho intramolecular Hbond substituents is 2. The molecule has 0 radical (unpaired) electrons. The van der Waals surface area contributed by atoms with Gasteiger partial charge in [-0.3, -0.25) is 4.79 Å². The minimum absolute atomic E-state index is 0.0410. The number of benzene rings is 3. The number of nitrogens with zero attached hydrogens (tertiary/aromatic N) is 1. The minimum Gasteiger partial charge on any atom is -0.508 e. The summed E-state index contributed by atoms with van der Waals surface area (Å²) < 4.78 is 16.1. The summed E-state index contributed by atoms with van der Waals surface area (Å²) in [5.41, 5.74) is 3.17. The summed E-state index contributed by atoms with van der Waals surface area (Å²) in [5, 5.41) is 22.9. The Bertz CT molecular complexity index is 1170. The summed E-state index contributed by atoms with van der Waals surface area (Å²) in [5.74, 6) is -0.565.